The summed E-state index contributed by atoms with van der Waals surface area (Å²) in [6.45, 7) is 3.15. The number of rotatable bonds is 4. The van der Waals surface area contributed by atoms with E-state index in [1.165, 1.54) is 18.4 Å². The maximum absolute atomic E-state index is 13.4. The molecule has 0 saturated carbocycles. The van der Waals surface area contributed by atoms with Crippen molar-refractivity contribution in [2.24, 2.45) is 0 Å². The first-order valence-electron chi connectivity index (χ1n) is 9.31. The zero-order chi connectivity index (χ0) is 20.5. The minimum atomic E-state index is -0.408. The average molecular weight is 388 g/mol. The number of esters is 1. The number of nitrogens with zero attached hydrogens (tertiary/aromatic N) is 2. The molecule has 2 aromatic heterocycles. The van der Waals surface area contributed by atoms with Crippen molar-refractivity contribution in [2.45, 2.75) is 27.0 Å². The van der Waals surface area contributed by atoms with Gasteiger partial charge in [-0.15, -0.1) is 0 Å². The molecule has 0 fully saturated rings. The van der Waals surface area contributed by atoms with Crippen molar-refractivity contribution < 1.29 is 14.3 Å². The summed E-state index contributed by atoms with van der Waals surface area (Å²) in [7, 11) is 0. The van der Waals surface area contributed by atoms with Crippen LogP contribution in [0.5, 0.6) is 0 Å². The topological polar surface area (TPSA) is 70.3 Å². The van der Waals surface area contributed by atoms with Gasteiger partial charge in [0.1, 0.15) is 12.1 Å². The summed E-state index contributed by atoms with van der Waals surface area (Å²) in [4.78, 5) is 37.3. The van der Waals surface area contributed by atoms with Gasteiger partial charge in [-0.1, -0.05) is 48.5 Å². The van der Waals surface area contributed by atoms with Crippen LogP contribution in [0.25, 0.3) is 21.8 Å². The fourth-order valence-electron chi connectivity index (χ4n) is 3.73. The fourth-order valence-corrected chi connectivity index (χ4v) is 3.73. The minimum absolute atomic E-state index is 0.0207. The molecule has 29 heavy (non-hydrogen) atoms. The summed E-state index contributed by atoms with van der Waals surface area (Å²) in [6, 6.07) is 17.0. The van der Waals surface area contributed by atoms with Crippen LogP contribution < -0.4 is 5.56 Å². The van der Waals surface area contributed by atoms with Gasteiger partial charge < -0.3 is 9.30 Å². The van der Waals surface area contributed by atoms with Gasteiger partial charge in [0.05, 0.1) is 12.1 Å². The Morgan fingerprint density at radius 3 is 2.34 bits per heavy atom. The molecule has 0 aliphatic rings. The van der Waals surface area contributed by atoms with Gasteiger partial charge in [0.2, 0.25) is 5.91 Å². The Balaban J connectivity index is 2.06. The predicted octanol–water partition coefficient (Wildman–Crippen LogP) is 3.73. The molecule has 0 aliphatic heterocycles. The van der Waals surface area contributed by atoms with E-state index in [4.69, 9.17) is 4.74 Å². The van der Waals surface area contributed by atoms with Gasteiger partial charge in [0.25, 0.3) is 5.56 Å². The molecular weight excluding hydrogens is 368 g/mol. The number of pyridine rings is 1. The van der Waals surface area contributed by atoms with Crippen LogP contribution in [0.15, 0.2) is 65.6 Å². The SMILES string of the molecule is CC(=O)OCc1cn(Cc2ccccc2)c(=O)c2c1c1ccccc1n2C(C)=O. The molecule has 6 heteroatoms. The average Bonchev–Trinajstić information content (AvgIpc) is 3.06. The summed E-state index contributed by atoms with van der Waals surface area (Å²) in [5, 5.41) is 1.43. The number of aromatic nitrogens is 2. The van der Waals surface area contributed by atoms with Gasteiger partial charge in [-0.2, -0.15) is 0 Å². The van der Waals surface area contributed by atoms with Gasteiger partial charge in [0, 0.05) is 36.4 Å². The monoisotopic (exact) mass is 388 g/mol. The number of ether oxygens (including phenoxy) is 1. The molecule has 4 rings (SSSR count). The van der Waals surface area contributed by atoms with Crippen LogP contribution in [0.1, 0.15) is 29.8 Å². The third-order valence-corrected chi connectivity index (χ3v) is 4.91. The maximum Gasteiger partial charge on any atom is 0.302 e. The Bertz CT molecular complexity index is 1300. The lowest BCUT2D eigenvalue weighted by molar-refractivity contribution is -0.142. The lowest BCUT2D eigenvalue weighted by Gasteiger charge is -2.12. The first kappa shape index (κ1) is 18.7. The van der Waals surface area contributed by atoms with Crippen molar-refractivity contribution >= 4 is 33.7 Å². The van der Waals surface area contributed by atoms with Crippen molar-refractivity contribution in [2.75, 3.05) is 0 Å². The van der Waals surface area contributed by atoms with E-state index in [0.717, 1.165) is 10.9 Å². The van der Waals surface area contributed by atoms with Crippen molar-refractivity contribution in [3.63, 3.8) is 0 Å². The Labute approximate surface area is 166 Å². The molecule has 2 aromatic carbocycles. The number of carbonyl (C=O) groups is 2. The normalized spacial score (nSPS) is 11.1. The molecule has 0 atom stereocenters. The highest BCUT2D eigenvalue weighted by Gasteiger charge is 2.21. The van der Waals surface area contributed by atoms with E-state index in [1.54, 1.807) is 10.8 Å². The largest absolute Gasteiger partial charge is 0.461 e. The van der Waals surface area contributed by atoms with Crippen LogP contribution >= 0.6 is 0 Å². The van der Waals surface area contributed by atoms with Gasteiger partial charge in [0.15, 0.2) is 0 Å². The standard InChI is InChI=1S/C23H20N2O4/c1-15(26)25-20-11-7-6-10-19(20)21-18(14-29-16(2)27)13-24(23(28)22(21)25)12-17-8-4-3-5-9-17/h3-11,13H,12,14H2,1-2H3. The van der Waals surface area contributed by atoms with Gasteiger partial charge in [-0.25, -0.2) is 0 Å². The molecule has 0 bridgehead atoms. The highest BCUT2D eigenvalue weighted by molar-refractivity contribution is 6.14. The second kappa shape index (κ2) is 7.39. The summed E-state index contributed by atoms with van der Waals surface area (Å²) >= 11 is 0. The number of benzene rings is 2. The fraction of sp³-hybridized carbons (Fsp3) is 0.174. The molecule has 4 aromatic rings. The molecular formula is C23H20N2O4. The Kier molecular flexibility index (Phi) is 4.76. The molecule has 0 amide bonds. The van der Waals surface area contributed by atoms with Crippen molar-refractivity contribution in [1.29, 1.82) is 0 Å². The zero-order valence-corrected chi connectivity index (χ0v) is 16.2. The van der Waals surface area contributed by atoms with Crippen LogP contribution in [-0.4, -0.2) is 21.0 Å². The van der Waals surface area contributed by atoms with E-state index in [0.29, 0.717) is 28.5 Å². The first-order valence-corrected chi connectivity index (χ1v) is 9.31. The van der Waals surface area contributed by atoms with Gasteiger partial charge in [-0.05, 0) is 11.6 Å². The second-order valence-electron chi connectivity index (χ2n) is 6.95. The van der Waals surface area contributed by atoms with Crippen LogP contribution in [0.2, 0.25) is 0 Å². The van der Waals surface area contributed by atoms with E-state index >= 15 is 0 Å². The van der Waals surface area contributed by atoms with Crippen LogP contribution in [-0.2, 0) is 22.7 Å². The highest BCUT2D eigenvalue weighted by atomic mass is 16.5. The molecule has 146 valence electrons. The lowest BCUT2D eigenvalue weighted by Crippen LogP contribution is -2.24. The summed E-state index contributed by atoms with van der Waals surface area (Å²) < 4.78 is 8.27. The summed E-state index contributed by atoms with van der Waals surface area (Å²) in [5.74, 6) is -0.654. The smallest absolute Gasteiger partial charge is 0.302 e. The van der Waals surface area contributed by atoms with Crippen LogP contribution in [0.3, 0.4) is 0 Å². The lowest BCUT2D eigenvalue weighted by atomic mass is 10.1. The number of hydrogen-bond acceptors (Lipinski definition) is 4. The van der Waals surface area contributed by atoms with E-state index in [2.05, 4.69) is 0 Å². The van der Waals surface area contributed by atoms with E-state index in [9.17, 15) is 14.4 Å². The number of fused-ring (bicyclic) bond motifs is 3. The molecule has 0 aliphatic carbocycles. The molecule has 6 nitrogen and oxygen atoms in total. The van der Waals surface area contributed by atoms with Crippen LogP contribution in [0.4, 0.5) is 0 Å². The van der Waals surface area contributed by atoms with Crippen molar-refractivity contribution in [1.82, 2.24) is 9.13 Å². The molecule has 0 saturated heterocycles. The Hall–Kier alpha value is -3.67. The second-order valence-corrected chi connectivity index (χ2v) is 6.95. The number of hydrogen-bond donors (Lipinski definition) is 0. The minimum Gasteiger partial charge on any atom is -0.461 e. The third kappa shape index (κ3) is 3.33. The zero-order valence-electron chi connectivity index (χ0n) is 16.2. The van der Waals surface area contributed by atoms with Crippen molar-refractivity contribution in [3.8, 4) is 0 Å². The quantitative estimate of drug-likeness (QED) is 0.500. The highest BCUT2D eigenvalue weighted by Crippen LogP contribution is 2.30. The molecule has 2 heterocycles. The maximum atomic E-state index is 13.4. The Morgan fingerprint density at radius 2 is 1.66 bits per heavy atom. The van der Waals surface area contributed by atoms with Gasteiger partial charge in [-0.3, -0.25) is 19.0 Å². The van der Waals surface area contributed by atoms with E-state index in [1.807, 2.05) is 54.6 Å². The molecule has 0 N–H and O–H groups in total. The predicted molar refractivity (Wildman–Crippen MR) is 111 cm³/mol. The number of para-hydroxylation sites is 1. The molecule has 0 radical (unpaired) electrons. The Morgan fingerprint density at radius 1 is 0.966 bits per heavy atom. The molecule has 0 unspecified atom stereocenters. The van der Waals surface area contributed by atoms with Crippen molar-refractivity contribution in [3.05, 3.63) is 82.3 Å². The first-order chi connectivity index (χ1) is 14.0. The third-order valence-electron chi connectivity index (χ3n) is 4.91. The van der Waals surface area contributed by atoms with Gasteiger partial charge >= 0.3 is 5.97 Å². The molecule has 0 spiro atoms. The summed E-state index contributed by atoms with van der Waals surface area (Å²) in [5.41, 5.74) is 2.34. The summed E-state index contributed by atoms with van der Waals surface area (Å²) in [6.07, 6.45) is 1.72. The van der Waals surface area contributed by atoms with Crippen LogP contribution in [0, 0.1) is 0 Å². The van der Waals surface area contributed by atoms with E-state index in [-0.39, 0.29) is 18.1 Å². The number of carbonyl (C=O) groups excluding carboxylic acids is 2. The van der Waals surface area contributed by atoms with E-state index < -0.39 is 5.97 Å².